The van der Waals surface area contributed by atoms with Gasteiger partial charge in [0.25, 0.3) is 5.91 Å². The number of methoxy groups -OCH3 is 2. The van der Waals surface area contributed by atoms with E-state index < -0.39 is 17.5 Å². The van der Waals surface area contributed by atoms with Crippen molar-refractivity contribution in [3.8, 4) is 0 Å². The number of likely N-dealkylation sites (tertiary alicyclic amines) is 1. The molecule has 0 aromatic heterocycles. The topological polar surface area (TPSA) is 105 Å². The van der Waals surface area contributed by atoms with Crippen LogP contribution in [-0.4, -0.2) is 55.1 Å². The summed E-state index contributed by atoms with van der Waals surface area (Å²) in [6, 6.07) is 7.02. The number of carbonyl (C=O) groups is 3. The first kappa shape index (κ1) is 21.8. The number of aliphatic hydroxyl groups is 1. The third kappa shape index (κ3) is 3.92. The first-order valence-electron chi connectivity index (χ1n) is 10.1. The summed E-state index contributed by atoms with van der Waals surface area (Å²) in [7, 11) is 2.75. The number of rotatable bonds is 7. The van der Waals surface area contributed by atoms with Crippen molar-refractivity contribution in [2.75, 3.05) is 32.6 Å². The van der Waals surface area contributed by atoms with E-state index in [-0.39, 0.29) is 37.1 Å². The third-order valence-corrected chi connectivity index (χ3v) is 6.10. The van der Waals surface area contributed by atoms with E-state index in [0.717, 1.165) is 6.42 Å². The van der Waals surface area contributed by atoms with Gasteiger partial charge in [0.2, 0.25) is 5.91 Å². The van der Waals surface area contributed by atoms with Gasteiger partial charge in [-0.15, -0.1) is 0 Å². The summed E-state index contributed by atoms with van der Waals surface area (Å²) in [4.78, 5) is 39.1. The first-order valence-corrected chi connectivity index (χ1v) is 10.1. The number of hydrogen-bond acceptors (Lipinski definition) is 6. The molecule has 3 atom stereocenters. The molecule has 0 aliphatic carbocycles. The van der Waals surface area contributed by atoms with Crippen LogP contribution in [0.3, 0.4) is 0 Å². The summed E-state index contributed by atoms with van der Waals surface area (Å²) in [6.07, 6.45) is 2.34. The molecule has 1 fully saturated rings. The second-order valence-electron chi connectivity index (χ2n) is 7.73. The van der Waals surface area contributed by atoms with Gasteiger partial charge in [-0.1, -0.05) is 31.5 Å². The van der Waals surface area contributed by atoms with Crippen LogP contribution in [0.15, 0.2) is 36.1 Å². The lowest BCUT2D eigenvalue weighted by Crippen LogP contribution is -2.48. The van der Waals surface area contributed by atoms with E-state index in [1.165, 1.54) is 20.5 Å². The molecule has 2 amide bonds. The Bertz CT molecular complexity index is 867. The minimum absolute atomic E-state index is 0.0301. The number of piperidine rings is 1. The molecule has 0 radical (unpaired) electrons. The average molecular weight is 416 g/mol. The Hall–Kier alpha value is -2.87. The summed E-state index contributed by atoms with van der Waals surface area (Å²) in [5, 5.41) is 13.7. The van der Waals surface area contributed by atoms with Gasteiger partial charge in [0.1, 0.15) is 0 Å². The number of amides is 2. The zero-order valence-electron chi connectivity index (χ0n) is 17.5. The van der Waals surface area contributed by atoms with Gasteiger partial charge < -0.3 is 24.8 Å². The molecule has 3 unspecified atom stereocenters. The maximum atomic E-state index is 12.8. The Labute approximate surface area is 175 Å². The van der Waals surface area contributed by atoms with Crippen molar-refractivity contribution in [1.29, 1.82) is 0 Å². The Morgan fingerprint density at radius 3 is 2.73 bits per heavy atom. The van der Waals surface area contributed by atoms with E-state index in [4.69, 9.17) is 9.47 Å². The summed E-state index contributed by atoms with van der Waals surface area (Å²) < 4.78 is 9.90. The van der Waals surface area contributed by atoms with Crippen molar-refractivity contribution in [2.24, 2.45) is 11.8 Å². The van der Waals surface area contributed by atoms with Gasteiger partial charge in [-0.05, 0) is 12.0 Å². The molecule has 2 aliphatic rings. The van der Waals surface area contributed by atoms with E-state index >= 15 is 0 Å². The highest BCUT2D eigenvalue weighted by Gasteiger charge is 2.46. The van der Waals surface area contributed by atoms with Crippen LogP contribution < -0.4 is 5.32 Å². The molecule has 2 aliphatic heterocycles. The number of fused-ring (bicyclic) bond motifs is 1. The number of anilines is 1. The highest BCUT2D eigenvalue weighted by Crippen LogP contribution is 2.39. The fourth-order valence-electron chi connectivity index (χ4n) is 4.37. The molecular weight excluding hydrogens is 388 g/mol. The normalized spacial score (nSPS) is 26.3. The van der Waals surface area contributed by atoms with Crippen molar-refractivity contribution in [2.45, 2.75) is 31.8 Å². The highest BCUT2D eigenvalue weighted by molar-refractivity contribution is 6.04. The molecule has 162 valence electrons. The van der Waals surface area contributed by atoms with E-state index in [0.29, 0.717) is 23.4 Å². The van der Waals surface area contributed by atoms with E-state index in [9.17, 15) is 19.5 Å². The van der Waals surface area contributed by atoms with Crippen LogP contribution in [0.4, 0.5) is 5.69 Å². The van der Waals surface area contributed by atoms with E-state index in [1.54, 1.807) is 29.2 Å². The van der Waals surface area contributed by atoms with Gasteiger partial charge in [0.15, 0.2) is 5.60 Å². The number of esters is 1. The smallest absolute Gasteiger partial charge is 0.337 e. The molecule has 8 nitrogen and oxygen atoms in total. The molecule has 30 heavy (non-hydrogen) atoms. The zero-order valence-corrected chi connectivity index (χ0v) is 17.5. The second-order valence-corrected chi connectivity index (χ2v) is 7.73. The molecule has 2 heterocycles. The zero-order chi connectivity index (χ0) is 21.9. The summed E-state index contributed by atoms with van der Waals surface area (Å²) in [5.41, 5.74) is -0.195. The number of hydrogen-bond donors (Lipinski definition) is 2. The van der Waals surface area contributed by atoms with Crippen molar-refractivity contribution in [3.63, 3.8) is 0 Å². The molecule has 3 rings (SSSR count). The lowest BCUT2D eigenvalue weighted by atomic mass is 9.78. The second kappa shape index (κ2) is 8.87. The third-order valence-electron chi connectivity index (χ3n) is 6.10. The molecule has 0 spiro atoms. The number of para-hydroxylation sites is 1. The number of nitrogens with zero attached hydrogens (tertiary/aromatic N) is 1. The van der Waals surface area contributed by atoms with Crippen LogP contribution in [0, 0.1) is 11.8 Å². The number of benzene rings is 1. The fourth-order valence-corrected chi connectivity index (χ4v) is 4.37. The maximum Gasteiger partial charge on any atom is 0.337 e. The van der Waals surface area contributed by atoms with Gasteiger partial charge in [-0.25, -0.2) is 4.79 Å². The molecular formula is C22H28N2O6. The van der Waals surface area contributed by atoms with Crippen LogP contribution in [0.1, 0.15) is 31.7 Å². The molecule has 1 aromatic carbocycles. The van der Waals surface area contributed by atoms with Gasteiger partial charge in [0, 0.05) is 43.1 Å². The van der Waals surface area contributed by atoms with Gasteiger partial charge in [-0.3, -0.25) is 9.59 Å². The molecule has 2 N–H and O–H groups in total. The fraction of sp³-hybridized carbons (Fsp3) is 0.500. The number of nitrogens with one attached hydrogen (secondary N) is 1. The van der Waals surface area contributed by atoms with Crippen LogP contribution in [0.25, 0.3) is 0 Å². The standard InChI is InChI=1S/C22H28N2O6/c1-4-14-12-24(19(25)11-15(14)16(13-29-2)20(26)30-3)10-9-22(28)17-7-5-6-8-18(17)23-21(22)27/h5-8,13-15,28H,4,9-12H2,1-3H3,(H,23,27). The quantitative estimate of drug-likeness (QED) is 0.399. The molecule has 0 bridgehead atoms. The van der Waals surface area contributed by atoms with Gasteiger partial charge in [-0.2, -0.15) is 0 Å². The largest absolute Gasteiger partial charge is 0.504 e. The summed E-state index contributed by atoms with van der Waals surface area (Å²) in [5.74, 6) is -1.39. The monoisotopic (exact) mass is 416 g/mol. The van der Waals surface area contributed by atoms with Crippen molar-refractivity contribution in [3.05, 3.63) is 41.7 Å². The van der Waals surface area contributed by atoms with E-state index in [1.807, 2.05) is 6.92 Å². The van der Waals surface area contributed by atoms with Crippen molar-refractivity contribution < 1.29 is 29.0 Å². The predicted octanol–water partition coefficient (Wildman–Crippen LogP) is 1.79. The van der Waals surface area contributed by atoms with E-state index in [2.05, 4.69) is 5.32 Å². The summed E-state index contributed by atoms with van der Waals surface area (Å²) in [6.45, 7) is 2.67. The Morgan fingerprint density at radius 1 is 1.33 bits per heavy atom. The van der Waals surface area contributed by atoms with Crippen LogP contribution in [0.2, 0.25) is 0 Å². The van der Waals surface area contributed by atoms with Crippen LogP contribution in [0.5, 0.6) is 0 Å². The molecule has 0 saturated carbocycles. The minimum Gasteiger partial charge on any atom is -0.504 e. The minimum atomic E-state index is -1.66. The first-order chi connectivity index (χ1) is 14.3. The average Bonchev–Trinajstić information content (AvgIpc) is 3.01. The molecule has 1 saturated heterocycles. The van der Waals surface area contributed by atoms with Crippen molar-refractivity contribution in [1.82, 2.24) is 4.90 Å². The SMILES string of the molecule is CCC1CN(CCC2(O)C(=O)Nc3ccccc32)C(=O)CC1C(=COC)C(=O)OC. The predicted molar refractivity (Wildman–Crippen MR) is 109 cm³/mol. The lowest BCUT2D eigenvalue weighted by molar-refractivity contribution is -0.143. The number of ether oxygens (including phenoxy) is 2. The lowest BCUT2D eigenvalue weighted by Gasteiger charge is -2.39. The molecule has 1 aromatic rings. The van der Waals surface area contributed by atoms with Crippen molar-refractivity contribution >= 4 is 23.5 Å². The van der Waals surface area contributed by atoms with Gasteiger partial charge >= 0.3 is 5.97 Å². The van der Waals surface area contributed by atoms with Gasteiger partial charge in [0.05, 0.1) is 26.1 Å². The highest BCUT2D eigenvalue weighted by atomic mass is 16.5. The van der Waals surface area contributed by atoms with Crippen LogP contribution >= 0.6 is 0 Å². The Balaban J connectivity index is 1.74. The Kier molecular flexibility index (Phi) is 6.45. The Morgan fingerprint density at radius 2 is 2.07 bits per heavy atom. The number of carbonyl (C=O) groups excluding carboxylic acids is 3. The van der Waals surface area contributed by atoms with Crippen LogP contribution in [-0.2, 0) is 29.5 Å². The summed E-state index contributed by atoms with van der Waals surface area (Å²) >= 11 is 0. The molecule has 8 heteroatoms. The maximum absolute atomic E-state index is 12.8.